The van der Waals surface area contributed by atoms with Crippen LogP contribution in [0.3, 0.4) is 0 Å². The third-order valence-corrected chi connectivity index (χ3v) is 5.39. The number of amides is 2. The predicted octanol–water partition coefficient (Wildman–Crippen LogP) is -0.952. The van der Waals surface area contributed by atoms with Gasteiger partial charge in [-0.1, -0.05) is 0 Å². The van der Waals surface area contributed by atoms with Crippen LogP contribution in [0.5, 0.6) is 0 Å². The van der Waals surface area contributed by atoms with Crippen LogP contribution in [0.25, 0.3) is 0 Å². The molecule has 24 heavy (non-hydrogen) atoms. The van der Waals surface area contributed by atoms with E-state index < -0.39 is 0 Å². The van der Waals surface area contributed by atoms with Crippen LogP contribution in [0.2, 0.25) is 0 Å². The minimum atomic E-state index is 0.268. The molecule has 0 saturated carbocycles. The Labute approximate surface area is 144 Å². The van der Waals surface area contributed by atoms with Crippen LogP contribution in [0, 0.1) is 0 Å². The first-order chi connectivity index (χ1) is 11.7. The molecule has 0 aliphatic carbocycles. The molecule has 136 valence electrons. The molecular weight excluding hydrogens is 306 g/mol. The lowest BCUT2D eigenvalue weighted by molar-refractivity contribution is -0.135. The quantitative estimate of drug-likeness (QED) is 0.701. The van der Waals surface area contributed by atoms with E-state index in [0.717, 1.165) is 72.0 Å². The van der Waals surface area contributed by atoms with Crippen LogP contribution < -0.4 is 5.32 Å². The summed E-state index contributed by atoms with van der Waals surface area (Å²) in [5.74, 6) is 0.539. The zero-order valence-corrected chi connectivity index (χ0v) is 14.7. The summed E-state index contributed by atoms with van der Waals surface area (Å²) in [6.07, 6.45) is 3.05. The largest absolute Gasteiger partial charge is 0.340 e. The molecule has 3 heterocycles. The maximum absolute atomic E-state index is 12.3. The second-order valence-corrected chi connectivity index (χ2v) is 7.09. The normalized spacial score (nSPS) is 23.7. The number of carbonyl (C=O) groups excluding carboxylic acids is 2. The first-order valence-corrected chi connectivity index (χ1v) is 9.43. The van der Waals surface area contributed by atoms with Crippen LogP contribution in [-0.2, 0) is 9.59 Å². The van der Waals surface area contributed by atoms with E-state index in [4.69, 9.17) is 0 Å². The van der Waals surface area contributed by atoms with Crippen LogP contribution in [0.1, 0.15) is 19.3 Å². The number of rotatable bonds is 5. The molecule has 3 saturated heterocycles. The van der Waals surface area contributed by atoms with E-state index in [-0.39, 0.29) is 11.8 Å². The van der Waals surface area contributed by atoms with Crippen LogP contribution >= 0.6 is 0 Å². The van der Waals surface area contributed by atoms with Gasteiger partial charge >= 0.3 is 0 Å². The zero-order valence-electron chi connectivity index (χ0n) is 14.7. The van der Waals surface area contributed by atoms with Gasteiger partial charge in [-0.3, -0.25) is 19.4 Å². The Morgan fingerprint density at radius 1 is 0.708 bits per heavy atom. The second kappa shape index (κ2) is 8.78. The van der Waals surface area contributed by atoms with E-state index in [2.05, 4.69) is 15.1 Å². The Balaban J connectivity index is 1.32. The Morgan fingerprint density at radius 2 is 1.33 bits per heavy atom. The lowest BCUT2D eigenvalue weighted by Gasteiger charge is -2.36. The van der Waals surface area contributed by atoms with Gasteiger partial charge in [-0.15, -0.1) is 0 Å². The average molecular weight is 337 g/mol. The highest BCUT2D eigenvalue weighted by molar-refractivity contribution is 5.78. The molecule has 0 aromatic carbocycles. The van der Waals surface area contributed by atoms with Gasteiger partial charge in [0, 0.05) is 65.3 Å². The van der Waals surface area contributed by atoms with E-state index in [1.165, 1.54) is 12.8 Å². The van der Waals surface area contributed by atoms with Crippen molar-refractivity contribution in [1.82, 2.24) is 24.9 Å². The smallest absolute Gasteiger partial charge is 0.236 e. The van der Waals surface area contributed by atoms with Crippen molar-refractivity contribution in [2.75, 3.05) is 78.5 Å². The van der Waals surface area contributed by atoms with E-state index in [1.807, 2.05) is 9.80 Å². The molecule has 1 N–H and O–H groups in total. The molecule has 3 fully saturated rings. The van der Waals surface area contributed by atoms with Crippen LogP contribution in [-0.4, -0.2) is 110 Å². The van der Waals surface area contributed by atoms with E-state index in [1.54, 1.807) is 0 Å². The fraction of sp³-hybridized carbons (Fsp3) is 0.882. The highest BCUT2D eigenvalue weighted by Gasteiger charge is 2.24. The number of hydrogen-bond donors (Lipinski definition) is 1. The lowest BCUT2D eigenvalue weighted by Crippen LogP contribution is -2.52. The van der Waals surface area contributed by atoms with Gasteiger partial charge in [-0.2, -0.15) is 0 Å². The molecule has 0 radical (unpaired) electrons. The van der Waals surface area contributed by atoms with E-state index >= 15 is 0 Å². The number of nitrogens with one attached hydrogen (secondary N) is 1. The molecule has 3 aliphatic rings. The number of hydrogen-bond acceptors (Lipinski definition) is 5. The van der Waals surface area contributed by atoms with Gasteiger partial charge in [0.15, 0.2) is 0 Å². The first-order valence-electron chi connectivity index (χ1n) is 9.43. The van der Waals surface area contributed by atoms with Gasteiger partial charge in [0.05, 0.1) is 6.54 Å². The van der Waals surface area contributed by atoms with Crippen molar-refractivity contribution < 1.29 is 9.59 Å². The maximum Gasteiger partial charge on any atom is 0.236 e. The molecule has 0 aromatic heterocycles. The molecule has 7 nitrogen and oxygen atoms in total. The number of piperazine rings is 2. The fourth-order valence-corrected chi connectivity index (χ4v) is 3.78. The van der Waals surface area contributed by atoms with Crippen molar-refractivity contribution in [1.29, 1.82) is 0 Å². The van der Waals surface area contributed by atoms with Crippen LogP contribution in [0.4, 0.5) is 0 Å². The SMILES string of the molecule is O=C(CCN1CCN(C(=O)CN2CCCC2)CC1)N1CCNCC1. The zero-order chi connectivity index (χ0) is 16.8. The Bertz CT molecular complexity index is 425. The summed E-state index contributed by atoms with van der Waals surface area (Å²) in [5.41, 5.74) is 0. The van der Waals surface area contributed by atoms with Crippen molar-refractivity contribution in [3.63, 3.8) is 0 Å². The van der Waals surface area contributed by atoms with Gasteiger partial charge < -0.3 is 15.1 Å². The molecule has 0 bridgehead atoms. The minimum Gasteiger partial charge on any atom is -0.340 e. The third-order valence-electron chi connectivity index (χ3n) is 5.39. The van der Waals surface area contributed by atoms with Crippen molar-refractivity contribution in [3.05, 3.63) is 0 Å². The van der Waals surface area contributed by atoms with E-state index in [0.29, 0.717) is 13.0 Å². The number of carbonyl (C=O) groups is 2. The van der Waals surface area contributed by atoms with E-state index in [9.17, 15) is 9.59 Å². The highest BCUT2D eigenvalue weighted by Crippen LogP contribution is 2.09. The molecular formula is C17H31N5O2. The average Bonchev–Trinajstić information content (AvgIpc) is 3.14. The van der Waals surface area contributed by atoms with Gasteiger partial charge in [0.2, 0.25) is 11.8 Å². The van der Waals surface area contributed by atoms with Gasteiger partial charge in [0.1, 0.15) is 0 Å². The molecule has 0 atom stereocenters. The molecule has 3 rings (SSSR count). The Hall–Kier alpha value is -1.18. The molecule has 0 spiro atoms. The third kappa shape index (κ3) is 4.91. The maximum atomic E-state index is 12.3. The summed E-state index contributed by atoms with van der Waals surface area (Å²) in [6.45, 7) is 10.4. The fourth-order valence-electron chi connectivity index (χ4n) is 3.78. The summed E-state index contributed by atoms with van der Waals surface area (Å²) >= 11 is 0. The van der Waals surface area contributed by atoms with Crippen molar-refractivity contribution in [3.8, 4) is 0 Å². The van der Waals surface area contributed by atoms with Crippen molar-refractivity contribution in [2.45, 2.75) is 19.3 Å². The summed E-state index contributed by atoms with van der Waals surface area (Å²) in [5, 5.41) is 3.27. The summed E-state index contributed by atoms with van der Waals surface area (Å²) in [6, 6.07) is 0. The summed E-state index contributed by atoms with van der Waals surface area (Å²) in [7, 11) is 0. The number of nitrogens with zero attached hydrogens (tertiary/aromatic N) is 4. The van der Waals surface area contributed by atoms with Crippen molar-refractivity contribution in [2.24, 2.45) is 0 Å². The monoisotopic (exact) mass is 337 g/mol. The number of likely N-dealkylation sites (tertiary alicyclic amines) is 1. The standard InChI is InChI=1S/C17H31N5O2/c23-16(21-9-4-18-5-10-21)3-8-19-11-13-22(14-12-19)17(24)15-20-6-1-2-7-20/h18H,1-15H2. The topological polar surface area (TPSA) is 59.1 Å². The van der Waals surface area contributed by atoms with Gasteiger partial charge in [-0.05, 0) is 25.9 Å². The molecule has 7 heteroatoms. The predicted molar refractivity (Wildman–Crippen MR) is 92.8 cm³/mol. The molecule has 0 unspecified atom stereocenters. The second-order valence-electron chi connectivity index (χ2n) is 7.09. The molecule has 3 aliphatic heterocycles. The lowest BCUT2D eigenvalue weighted by atomic mass is 10.2. The highest BCUT2D eigenvalue weighted by atomic mass is 16.2. The molecule has 0 aromatic rings. The van der Waals surface area contributed by atoms with Gasteiger partial charge in [-0.25, -0.2) is 0 Å². The molecule has 2 amide bonds. The van der Waals surface area contributed by atoms with Crippen LogP contribution in [0.15, 0.2) is 0 Å². The first kappa shape index (κ1) is 17.6. The Kier molecular flexibility index (Phi) is 6.45. The van der Waals surface area contributed by atoms with Crippen molar-refractivity contribution >= 4 is 11.8 Å². The minimum absolute atomic E-state index is 0.268. The summed E-state index contributed by atoms with van der Waals surface area (Å²) < 4.78 is 0. The Morgan fingerprint density at radius 3 is 2.00 bits per heavy atom. The van der Waals surface area contributed by atoms with Gasteiger partial charge in [0.25, 0.3) is 0 Å². The summed E-state index contributed by atoms with van der Waals surface area (Å²) in [4.78, 5) is 33.1.